The molecule has 0 saturated heterocycles. The highest BCUT2D eigenvalue weighted by Gasteiger charge is 2.36. The quantitative estimate of drug-likeness (QED) is 0.605. The number of amides is 1. The van der Waals surface area contributed by atoms with E-state index in [1.165, 1.54) is 0 Å². The second-order valence-electron chi connectivity index (χ2n) is 6.60. The summed E-state index contributed by atoms with van der Waals surface area (Å²) in [5.41, 5.74) is -2.75. The molecule has 0 spiro atoms. The molecule has 1 amide bonds. The highest BCUT2D eigenvalue weighted by Crippen LogP contribution is 2.36. The first-order valence-electron chi connectivity index (χ1n) is 8.68. The standard InChI is InChI=1S/C20H17F6NO3/c21-19(22,23)15-6-12(7-16(10-15)20(24,25)26)11-27-17(28)8-14(9-18(29)30)13-4-2-1-3-5-13/h1-7,10,14H,8-9,11H2,(H,27,28)(H,29,30). The molecule has 0 aliphatic heterocycles. The summed E-state index contributed by atoms with van der Waals surface area (Å²) in [7, 11) is 0. The first kappa shape index (κ1) is 23.2. The van der Waals surface area contributed by atoms with Crippen LogP contribution in [-0.4, -0.2) is 17.0 Å². The van der Waals surface area contributed by atoms with Crippen molar-refractivity contribution >= 4 is 11.9 Å². The third kappa shape index (κ3) is 6.78. The lowest BCUT2D eigenvalue weighted by molar-refractivity contribution is -0.143. The Balaban J connectivity index is 2.15. The van der Waals surface area contributed by atoms with Crippen molar-refractivity contribution < 1.29 is 41.0 Å². The zero-order valence-corrected chi connectivity index (χ0v) is 15.3. The minimum atomic E-state index is -4.99. The predicted octanol–water partition coefficient (Wildman–Crippen LogP) is 4.99. The van der Waals surface area contributed by atoms with Crippen LogP contribution in [0.2, 0.25) is 0 Å². The van der Waals surface area contributed by atoms with Crippen LogP contribution in [0, 0.1) is 0 Å². The number of carboxylic acids is 1. The Bertz CT molecular complexity index is 861. The maximum atomic E-state index is 12.9. The number of aliphatic carboxylic acids is 1. The predicted molar refractivity (Wildman–Crippen MR) is 94.3 cm³/mol. The Morgan fingerprint density at radius 3 is 1.87 bits per heavy atom. The van der Waals surface area contributed by atoms with E-state index < -0.39 is 47.8 Å². The van der Waals surface area contributed by atoms with E-state index in [0.29, 0.717) is 17.7 Å². The summed E-state index contributed by atoms with van der Waals surface area (Å²) in [4.78, 5) is 23.3. The summed E-state index contributed by atoms with van der Waals surface area (Å²) < 4.78 is 77.4. The van der Waals surface area contributed by atoms with E-state index >= 15 is 0 Å². The SMILES string of the molecule is O=C(O)CC(CC(=O)NCc1cc(C(F)(F)F)cc(C(F)(F)F)c1)c1ccccc1. The molecular weight excluding hydrogens is 416 g/mol. The maximum absolute atomic E-state index is 12.9. The van der Waals surface area contributed by atoms with Gasteiger partial charge in [0.2, 0.25) is 5.91 Å². The number of rotatable bonds is 7. The number of carbonyl (C=O) groups is 2. The molecule has 0 aliphatic rings. The number of alkyl halides is 6. The van der Waals surface area contributed by atoms with Crippen LogP contribution in [0.1, 0.15) is 41.0 Å². The van der Waals surface area contributed by atoms with E-state index in [1.54, 1.807) is 30.3 Å². The summed E-state index contributed by atoms with van der Waals surface area (Å²) >= 11 is 0. The zero-order valence-electron chi connectivity index (χ0n) is 15.3. The first-order valence-corrected chi connectivity index (χ1v) is 8.68. The number of halogens is 6. The number of hydrogen-bond acceptors (Lipinski definition) is 2. The fourth-order valence-electron chi connectivity index (χ4n) is 2.86. The summed E-state index contributed by atoms with van der Waals surface area (Å²) in [6, 6.07) is 9.33. The van der Waals surface area contributed by atoms with Crippen LogP contribution in [0.5, 0.6) is 0 Å². The van der Waals surface area contributed by atoms with E-state index in [9.17, 15) is 35.9 Å². The number of benzene rings is 2. The molecule has 0 aromatic heterocycles. The van der Waals surface area contributed by atoms with Crippen LogP contribution in [0.15, 0.2) is 48.5 Å². The lowest BCUT2D eigenvalue weighted by atomic mass is 9.92. The van der Waals surface area contributed by atoms with Gasteiger partial charge in [0, 0.05) is 18.9 Å². The van der Waals surface area contributed by atoms with Crippen LogP contribution in [0.25, 0.3) is 0 Å². The number of carboxylic acid groups (broad SMARTS) is 1. The average molecular weight is 433 g/mol. The molecule has 0 saturated carbocycles. The molecule has 0 radical (unpaired) electrons. The van der Waals surface area contributed by atoms with Crippen LogP contribution >= 0.6 is 0 Å². The van der Waals surface area contributed by atoms with Crippen LogP contribution in [0.4, 0.5) is 26.3 Å². The molecule has 162 valence electrons. The maximum Gasteiger partial charge on any atom is 0.416 e. The van der Waals surface area contributed by atoms with E-state index in [2.05, 4.69) is 5.32 Å². The Labute approximate surface area is 167 Å². The molecule has 0 bridgehead atoms. The summed E-state index contributed by atoms with van der Waals surface area (Å²) in [5.74, 6) is -2.55. The Hall–Kier alpha value is -3.04. The molecule has 1 unspecified atom stereocenters. The normalized spacial score (nSPS) is 13.0. The molecule has 4 nitrogen and oxygen atoms in total. The van der Waals surface area contributed by atoms with E-state index in [4.69, 9.17) is 5.11 Å². The van der Waals surface area contributed by atoms with E-state index in [-0.39, 0.29) is 24.5 Å². The Morgan fingerprint density at radius 1 is 0.867 bits per heavy atom. The minimum absolute atomic E-state index is 0.00359. The van der Waals surface area contributed by atoms with Gasteiger partial charge in [0.15, 0.2) is 0 Å². The van der Waals surface area contributed by atoms with Crippen molar-refractivity contribution in [3.05, 3.63) is 70.8 Å². The summed E-state index contributed by atoms with van der Waals surface area (Å²) in [6.07, 6.45) is -10.6. The van der Waals surface area contributed by atoms with Crippen molar-refractivity contribution in [2.45, 2.75) is 37.7 Å². The molecule has 1 atom stereocenters. The van der Waals surface area contributed by atoms with Gasteiger partial charge in [0.05, 0.1) is 17.5 Å². The largest absolute Gasteiger partial charge is 0.481 e. The van der Waals surface area contributed by atoms with Gasteiger partial charge in [-0.1, -0.05) is 30.3 Å². The first-order chi connectivity index (χ1) is 13.9. The lowest BCUT2D eigenvalue weighted by Crippen LogP contribution is -2.26. The molecular formula is C20H17F6NO3. The van der Waals surface area contributed by atoms with Crippen molar-refractivity contribution in [3.8, 4) is 0 Å². The third-order valence-corrected chi connectivity index (χ3v) is 4.26. The molecule has 2 aromatic rings. The average Bonchev–Trinajstić information content (AvgIpc) is 2.64. The molecule has 0 heterocycles. The molecule has 10 heteroatoms. The lowest BCUT2D eigenvalue weighted by Gasteiger charge is -2.16. The molecule has 2 rings (SSSR count). The molecule has 0 fully saturated rings. The number of carbonyl (C=O) groups excluding carboxylic acids is 1. The number of hydrogen-bond donors (Lipinski definition) is 2. The van der Waals surface area contributed by atoms with Gasteiger partial charge in [0.1, 0.15) is 0 Å². The Kier molecular flexibility index (Phi) is 7.12. The smallest absolute Gasteiger partial charge is 0.416 e. The molecule has 2 N–H and O–H groups in total. The minimum Gasteiger partial charge on any atom is -0.481 e. The van der Waals surface area contributed by atoms with Gasteiger partial charge in [-0.15, -0.1) is 0 Å². The topological polar surface area (TPSA) is 66.4 Å². The van der Waals surface area contributed by atoms with Crippen molar-refractivity contribution in [1.82, 2.24) is 5.32 Å². The van der Waals surface area contributed by atoms with Gasteiger partial charge >= 0.3 is 18.3 Å². The molecule has 30 heavy (non-hydrogen) atoms. The second kappa shape index (κ2) is 9.19. The van der Waals surface area contributed by atoms with Gasteiger partial charge in [-0.2, -0.15) is 26.3 Å². The monoisotopic (exact) mass is 433 g/mol. The van der Waals surface area contributed by atoms with Gasteiger partial charge in [-0.3, -0.25) is 9.59 Å². The van der Waals surface area contributed by atoms with Crippen molar-refractivity contribution in [2.75, 3.05) is 0 Å². The van der Waals surface area contributed by atoms with Crippen LogP contribution in [0.3, 0.4) is 0 Å². The van der Waals surface area contributed by atoms with Gasteiger partial charge in [-0.25, -0.2) is 0 Å². The van der Waals surface area contributed by atoms with Crippen molar-refractivity contribution in [2.24, 2.45) is 0 Å². The molecule has 0 aliphatic carbocycles. The van der Waals surface area contributed by atoms with Crippen LogP contribution in [-0.2, 0) is 28.5 Å². The molecule has 2 aromatic carbocycles. The third-order valence-electron chi connectivity index (χ3n) is 4.26. The fourth-order valence-corrected chi connectivity index (χ4v) is 2.86. The Morgan fingerprint density at radius 2 is 1.40 bits per heavy atom. The zero-order chi connectivity index (χ0) is 22.5. The van der Waals surface area contributed by atoms with Crippen molar-refractivity contribution in [3.63, 3.8) is 0 Å². The summed E-state index contributed by atoms with van der Waals surface area (Å²) in [6.45, 7) is -0.569. The van der Waals surface area contributed by atoms with Crippen LogP contribution < -0.4 is 5.32 Å². The number of nitrogens with one attached hydrogen (secondary N) is 1. The van der Waals surface area contributed by atoms with Gasteiger partial charge < -0.3 is 10.4 Å². The fraction of sp³-hybridized carbons (Fsp3) is 0.300. The second-order valence-corrected chi connectivity index (χ2v) is 6.60. The summed E-state index contributed by atoms with van der Waals surface area (Å²) in [5, 5.41) is 11.3. The van der Waals surface area contributed by atoms with Gasteiger partial charge in [-0.05, 0) is 29.3 Å². The van der Waals surface area contributed by atoms with Crippen molar-refractivity contribution in [1.29, 1.82) is 0 Å². The highest BCUT2D eigenvalue weighted by atomic mass is 19.4. The van der Waals surface area contributed by atoms with E-state index in [0.717, 1.165) is 0 Å². The van der Waals surface area contributed by atoms with Gasteiger partial charge in [0.25, 0.3) is 0 Å². The van der Waals surface area contributed by atoms with E-state index in [1.807, 2.05) is 0 Å². The highest BCUT2D eigenvalue weighted by molar-refractivity contribution is 5.78.